The zero-order valence-electron chi connectivity index (χ0n) is 8.66. The highest BCUT2D eigenvalue weighted by Crippen LogP contribution is 2.18. The largest absolute Gasteiger partial charge is 0.398 e. The van der Waals surface area contributed by atoms with E-state index < -0.39 is 0 Å². The lowest BCUT2D eigenvalue weighted by Gasteiger charge is -2.14. The second-order valence-electron chi connectivity index (χ2n) is 3.36. The van der Waals surface area contributed by atoms with E-state index >= 15 is 0 Å². The molecule has 0 spiro atoms. The summed E-state index contributed by atoms with van der Waals surface area (Å²) in [5.74, 6) is -0.0232. The van der Waals surface area contributed by atoms with Crippen molar-refractivity contribution >= 4 is 17.2 Å². The predicted molar refractivity (Wildman–Crippen MR) is 58.2 cm³/mol. The van der Waals surface area contributed by atoms with Gasteiger partial charge in [0.25, 0.3) is 0 Å². The van der Waals surface area contributed by atoms with Crippen LogP contribution in [0.5, 0.6) is 0 Å². The van der Waals surface area contributed by atoms with Crippen molar-refractivity contribution in [3.05, 3.63) is 23.8 Å². The third-order valence-electron chi connectivity index (χ3n) is 1.79. The van der Waals surface area contributed by atoms with E-state index in [4.69, 9.17) is 5.73 Å². The number of anilines is 2. The van der Waals surface area contributed by atoms with E-state index in [0.717, 1.165) is 5.69 Å². The number of nitrogen functional groups attached to an aromatic ring is 1. The molecule has 0 saturated heterocycles. The van der Waals surface area contributed by atoms with Gasteiger partial charge in [-0.15, -0.1) is 0 Å². The lowest BCUT2D eigenvalue weighted by molar-refractivity contribution is 0.101. The summed E-state index contributed by atoms with van der Waals surface area (Å²) >= 11 is 0. The van der Waals surface area contributed by atoms with E-state index in [1.54, 1.807) is 17.1 Å². The van der Waals surface area contributed by atoms with Crippen LogP contribution in [0.1, 0.15) is 17.3 Å². The molecule has 76 valence electrons. The van der Waals surface area contributed by atoms with Crippen molar-refractivity contribution in [1.82, 2.24) is 5.01 Å². The van der Waals surface area contributed by atoms with E-state index in [1.165, 1.54) is 6.92 Å². The lowest BCUT2D eigenvalue weighted by atomic mass is 10.1. The van der Waals surface area contributed by atoms with Gasteiger partial charge in [0.15, 0.2) is 5.78 Å². The maximum atomic E-state index is 11.2. The van der Waals surface area contributed by atoms with Gasteiger partial charge in [-0.1, -0.05) is 0 Å². The third kappa shape index (κ3) is 2.47. The SMILES string of the molecule is CC(=O)c1cc(NN(C)C)ccc1N. The number of nitrogens with zero attached hydrogens (tertiary/aromatic N) is 1. The van der Waals surface area contributed by atoms with Gasteiger partial charge in [-0.25, -0.2) is 5.01 Å². The molecule has 0 unspecified atom stereocenters. The van der Waals surface area contributed by atoms with Crippen LogP contribution in [0.25, 0.3) is 0 Å². The minimum absolute atomic E-state index is 0.0232. The summed E-state index contributed by atoms with van der Waals surface area (Å²) in [4.78, 5) is 11.2. The van der Waals surface area contributed by atoms with Gasteiger partial charge in [-0.2, -0.15) is 0 Å². The van der Waals surface area contributed by atoms with Crippen LogP contribution in [0, 0.1) is 0 Å². The first kappa shape index (κ1) is 10.5. The zero-order chi connectivity index (χ0) is 10.7. The molecule has 0 fully saturated rings. The Morgan fingerprint density at radius 1 is 1.43 bits per heavy atom. The van der Waals surface area contributed by atoms with Crippen molar-refractivity contribution in [2.24, 2.45) is 0 Å². The number of carbonyl (C=O) groups is 1. The molecule has 0 radical (unpaired) electrons. The average molecular weight is 193 g/mol. The highest BCUT2D eigenvalue weighted by molar-refractivity contribution is 5.99. The number of Topliss-reactive ketones (excluding diaryl/α,β-unsaturated/α-hetero) is 1. The fourth-order valence-electron chi connectivity index (χ4n) is 1.19. The quantitative estimate of drug-likeness (QED) is 0.432. The molecular formula is C10H15N3O. The molecule has 0 amide bonds. The van der Waals surface area contributed by atoms with Gasteiger partial charge in [0.05, 0.1) is 0 Å². The first-order chi connectivity index (χ1) is 6.50. The maximum absolute atomic E-state index is 11.2. The van der Waals surface area contributed by atoms with Crippen LogP contribution in [0.3, 0.4) is 0 Å². The summed E-state index contributed by atoms with van der Waals surface area (Å²) in [7, 11) is 3.76. The van der Waals surface area contributed by atoms with Crippen LogP contribution < -0.4 is 11.2 Å². The van der Waals surface area contributed by atoms with E-state index in [1.807, 2.05) is 20.2 Å². The Morgan fingerprint density at radius 2 is 2.07 bits per heavy atom. The number of hydrogen-bond donors (Lipinski definition) is 2. The monoisotopic (exact) mass is 193 g/mol. The minimum Gasteiger partial charge on any atom is -0.398 e. The fraction of sp³-hybridized carbons (Fsp3) is 0.300. The number of hydrogen-bond acceptors (Lipinski definition) is 4. The molecule has 0 aliphatic heterocycles. The van der Waals surface area contributed by atoms with Gasteiger partial charge in [-0.3, -0.25) is 4.79 Å². The lowest BCUT2D eigenvalue weighted by Crippen LogP contribution is -2.19. The standard InChI is InChI=1S/C10H15N3O/c1-7(14)9-6-8(12-13(2)3)4-5-10(9)11/h4-6,12H,11H2,1-3H3. The Bertz CT molecular complexity index is 347. The third-order valence-corrected chi connectivity index (χ3v) is 1.79. The van der Waals surface area contributed by atoms with Crippen molar-refractivity contribution in [1.29, 1.82) is 0 Å². The Labute approximate surface area is 83.7 Å². The van der Waals surface area contributed by atoms with Crippen molar-refractivity contribution < 1.29 is 4.79 Å². The fourth-order valence-corrected chi connectivity index (χ4v) is 1.19. The normalized spacial score (nSPS) is 10.3. The van der Waals surface area contributed by atoms with E-state index in [2.05, 4.69) is 5.43 Å². The summed E-state index contributed by atoms with van der Waals surface area (Å²) < 4.78 is 0. The second kappa shape index (κ2) is 4.11. The highest BCUT2D eigenvalue weighted by Gasteiger charge is 2.05. The summed E-state index contributed by atoms with van der Waals surface area (Å²) in [6, 6.07) is 5.31. The van der Waals surface area contributed by atoms with Crippen LogP contribution in [0.4, 0.5) is 11.4 Å². The molecule has 0 heterocycles. The molecule has 1 rings (SSSR count). The first-order valence-electron chi connectivity index (χ1n) is 4.35. The minimum atomic E-state index is -0.0232. The summed E-state index contributed by atoms with van der Waals surface area (Å²) in [5.41, 5.74) is 10.6. The van der Waals surface area contributed by atoms with Gasteiger partial charge >= 0.3 is 0 Å². The molecule has 0 aliphatic rings. The average Bonchev–Trinajstić information content (AvgIpc) is 2.07. The molecule has 0 saturated carbocycles. The van der Waals surface area contributed by atoms with E-state index in [-0.39, 0.29) is 5.78 Å². The van der Waals surface area contributed by atoms with Gasteiger partial charge in [0.1, 0.15) is 0 Å². The van der Waals surface area contributed by atoms with E-state index in [0.29, 0.717) is 11.3 Å². The van der Waals surface area contributed by atoms with E-state index in [9.17, 15) is 4.79 Å². The highest BCUT2D eigenvalue weighted by atomic mass is 16.1. The van der Waals surface area contributed by atoms with Crippen LogP contribution in [0.15, 0.2) is 18.2 Å². The number of nitrogens with two attached hydrogens (primary N) is 1. The molecule has 0 aromatic heterocycles. The van der Waals surface area contributed by atoms with Crippen LogP contribution >= 0.6 is 0 Å². The predicted octanol–water partition coefficient (Wildman–Crippen LogP) is 1.36. The van der Waals surface area contributed by atoms with Crippen molar-refractivity contribution in [3.8, 4) is 0 Å². The molecule has 14 heavy (non-hydrogen) atoms. The summed E-state index contributed by atoms with van der Waals surface area (Å²) in [5, 5.41) is 1.80. The molecular weight excluding hydrogens is 178 g/mol. The van der Waals surface area contributed by atoms with Crippen molar-refractivity contribution in [2.45, 2.75) is 6.92 Å². The first-order valence-corrected chi connectivity index (χ1v) is 4.35. The zero-order valence-corrected chi connectivity index (χ0v) is 8.66. The Kier molecular flexibility index (Phi) is 3.09. The summed E-state index contributed by atoms with van der Waals surface area (Å²) in [6.45, 7) is 1.51. The number of rotatable bonds is 3. The van der Waals surface area contributed by atoms with Gasteiger partial charge < -0.3 is 11.2 Å². The molecule has 1 aromatic rings. The molecule has 0 atom stereocenters. The summed E-state index contributed by atoms with van der Waals surface area (Å²) in [6.07, 6.45) is 0. The Hall–Kier alpha value is -1.55. The number of nitrogens with one attached hydrogen (secondary N) is 1. The maximum Gasteiger partial charge on any atom is 0.161 e. The number of benzene rings is 1. The Balaban J connectivity index is 3.00. The van der Waals surface area contributed by atoms with Gasteiger partial charge in [-0.05, 0) is 25.1 Å². The molecule has 3 N–H and O–H groups in total. The number of carbonyl (C=O) groups excluding carboxylic acids is 1. The topological polar surface area (TPSA) is 58.4 Å². The second-order valence-corrected chi connectivity index (χ2v) is 3.36. The van der Waals surface area contributed by atoms with Crippen LogP contribution in [0.2, 0.25) is 0 Å². The molecule has 0 aliphatic carbocycles. The number of hydrazine groups is 1. The van der Waals surface area contributed by atoms with Gasteiger partial charge in [0, 0.05) is 31.0 Å². The van der Waals surface area contributed by atoms with Crippen LogP contribution in [-0.4, -0.2) is 24.9 Å². The van der Waals surface area contributed by atoms with Crippen LogP contribution in [-0.2, 0) is 0 Å². The molecule has 4 heteroatoms. The molecule has 0 bridgehead atoms. The smallest absolute Gasteiger partial charge is 0.161 e. The van der Waals surface area contributed by atoms with Crippen molar-refractivity contribution in [3.63, 3.8) is 0 Å². The molecule has 4 nitrogen and oxygen atoms in total. The number of ketones is 1. The molecule has 1 aromatic carbocycles. The Morgan fingerprint density at radius 3 is 2.57 bits per heavy atom. The van der Waals surface area contributed by atoms with Crippen molar-refractivity contribution in [2.75, 3.05) is 25.3 Å². The van der Waals surface area contributed by atoms with Gasteiger partial charge in [0.2, 0.25) is 0 Å².